The number of nitrogens with two attached hydrogens (primary N) is 1. The summed E-state index contributed by atoms with van der Waals surface area (Å²) >= 11 is 14.0. The Hall–Kier alpha value is -1.85. The maximum Gasteiger partial charge on any atom is 0.279 e. The quantitative estimate of drug-likeness (QED) is 0.561. The topological polar surface area (TPSA) is 45.7 Å². The van der Waals surface area contributed by atoms with Crippen LogP contribution in [0.15, 0.2) is 60.0 Å². The zero-order valence-corrected chi connectivity index (χ0v) is 17.2. The summed E-state index contributed by atoms with van der Waals surface area (Å²) < 4.78 is 0. The van der Waals surface area contributed by atoms with Gasteiger partial charge in [0.05, 0.1) is 20.6 Å². The van der Waals surface area contributed by atoms with Gasteiger partial charge in [0.25, 0.3) is 5.91 Å². The molecule has 0 aliphatic rings. The molecule has 0 radical (unpaired) electrons. The molecule has 0 fully saturated rings. The Labute approximate surface area is 173 Å². The van der Waals surface area contributed by atoms with E-state index in [-0.39, 0.29) is 18.5 Å². The summed E-state index contributed by atoms with van der Waals surface area (Å²) in [5.41, 5.74) is 2.94. The van der Waals surface area contributed by atoms with E-state index in [0.717, 1.165) is 6.42 Å². The van der Waals surface area contributed by atoms with Gasteiger partial charge >= 0.3 is 0 Å². The molecule has 0 aliphatic heterocycles. The van der Waals surface area contributed by atoms with Crippen molar-refractivity contribution in [3.05, 3.63) is 86.0 Å². The first-order valence-corrected chi connectivity index (χ1v) is 10.4. The average Bonchev–Trinajstić information content (AvgIpc) is 3.20. The second-order valence-electron chi connectivity index (χ2n) is 6.17. The summed E-state index contributed by atoms with van der Waals surface area (Å²) in [6.45, 7) is 2.40. The Morgan fingerprint density at radius 2 is 1.78 bits per heavy atom. The molecular formula is C21H21Cl2N2OS+. The van der Waals surface area contributed by atoms with Gasteiger partial charge in [0.15, 0.2) is 6.54 Å². The van der Waals surface area contributed by atoms with E-state index in [1.165, 1.54) is 16.0 Å². The Balaban J connectivity index is 1.72. The minimum atomic E-state index is -0.142. The molecule has 1 heterocycles. The number of thiophene rings is 1. The first-order valence-electron chi connectivity index (χ1n) is 8.78. The molecule has 0 unspecified atom stereocenters. The molecule has 2 aromatic carbocycles. The third kappa shape index (κ3) is 5.11. The second-order valence-corrected chi connectivity index (χ2v) is 7.97. The maximum absolute atomic E-state index is 12.5. The number of amides is 1. The number of hydrogen-bond donors (Lipinski definition) is 2. The molecule has 3 rings (SSSR count). The van der Waals surface area contributed by atoms with Gasteiger partial charge in [-0.3, -0.25) is 4.79 Å². The fraction of sp³-hybridized carbons (Fsp3) is 0.190. The highest BCUT2D eigenvalue weighted by molar-refractivity contribution is 7.10. The van der Waals surface area contributed by atoms with E-state index < -0.39 is 0 Å². The van der Waals surface area contributed by atoms with Crippen LogP contribution in [0.3, 0.4) is 0 Å². The Morgan fingerprint density at radius 3 is 2.37 bits per heavy atom. The van der Waals surface area contributed by atoms with E-state index in [9.17, 15) is 4.79 Å². The number of carbonyl (C=O) groups excluding carboxylic acids is 1. The lowest BCUT2D eigenvalue weighted by atomic mass is 10.0. The molecule has 1 amide bonds. The Morgan fingerprint density at radius 1 is 1.07 bits per heavy atom. The molecule has 0 bridgehead atoms. The van der Waals surface area contributed by atoms with Gasteiger partial charge in [0.1, 0.15) is 6.04 Å². The number of anilines is 1. The van der Waals surface area contributed by atoms with Crippen molar-refractivity contribution in [2.24, 2.45) is 0 Å². The number of aryl methyl sites for hydroxylation is 1. The van der Waals surface area contributed by atoms with Crippen LogP contribution in [0, 0.1) is 0 Å². The predicted octanol–water partition coefficient (Wildman–Crippen LogP) is 4.91. The third-order valence-corrected chi connectivity index (χ3v) is 5.95. The number of quaternary nitrogens is 1. The first-order chi connectivity index (χ1) is 13.1. The van der Waals surface area contributed by atoms with Gasteiger partial charge < -0.3 is 10.6 Å². The molecule has 0 spiro atoms. The number of rotatable bonds is 7. The predicted molar refractivity (Wildman–Crippen MR) is 114 cm³/mol. The fourth-order valence-corrected chi connectivity index (χ4v) is 4.22. The summed E-state index contributed by atoms with van der Waals surface area (Å²) in [7, 11) is 0. The summed E-state index contributed by atoms with van der Waals surface area (Å²) in [5, 5.41) is 7.77. The normalized spacial score (nSPS) is 12.0. The van der Waals surface area contributed by atoms with Crippen LogP contribution in [0.4, 0.5) is 5.69 Å². The molecule has 140 valence electrons. The molecule has 0 saturated carbocycles. The molecule has 0 aliphatic carbocycles. The van der Waals surface area contributed by atoms with Crippen LogP contribution in [-0.2, 0) is 11.2 Å². The molecule has 0 saturated heterocycles. The summed E-state index contributed by atoms with van der Waals surface area (Å²) in [5.74, 6) is -0.142. The van der Waals surface area contributed by atoms with Crippen molar-refractivity contribution in [2.75, 3.05) is 11.9 Å². The van der Waals surface area contributed by atoms with Crippen LogP contribution in [0.1, 0.15) is 29.0 Å². The minimum absolute atomic E-state index is 0.0726. The van der Waals surface area contributed by atoms with Crippen molar-refractivity contribution < 1.29 is 10.1 Å². The number of benzene rings is 2. The third-order valence-electron chi connectivity index (χ3n) is 4.36. The number of nitrogens with one attached hydrogen (secondary N) is 1. The highest BCUT2D eigenvalue weighted by atomic mass is 35.5. The maximum atomic E-state index is 12.5. The first kappa shape index (κ1) is 19.9. The smallest absolute Gasteiger partial charge is 0.279 e. The van der Waals surface area contributed by atoms with Crippen LogP contribution in [0.2, 0.25) is 10.0 Å². The number of halogens is 2. The van der Waals surface area contributed by atoms with Crippen LogP contribution in [0.5, 0.6) is 0 Å². The SMILES string of the molecule is CCc1ccc([C@H]([NH2+]CC(=O)Nc2c(Cl)cccc2Cl)c2cccs2)cc1. The molecule has 3 N–H and O–H groups in total. The van der Waals surface area contributed by atoms with E-state index >= 15 is 0 Å². The van der Waals surface area contributed by atoms with Crippen LogP contribution >= 0.6 is 34.5 Å². The molecule has 3 nitrogen and oxygen atoms in total. The lowest BCUT2D eigenvalue weighted by molar-refractivity contribution is -0.675. The van der Waals surface area contributed by atoms with Crippen molar-refractivity contribution in [1.29, 1.82) is 0 Å². The fourth-order valence-electron chi connectivity index (χ4n) is 2.88. The molecule has 1 aromatic heterocycles. The zero-order valence-electron chi connectivity index (χ0n) is 14.9. The van der Waals surface area contributed by atoms with Crippen LogP contribution < -0.4 is 10.6 Å². The number of hydrogen-bond acceptors (Lipinski definition) is 2. The van der Waals surface area contributed by atoms with Gasteiger partial charge in [-0.2, -0.15) is 0 Å². The molecule has 27 heavy (non-hydrogen) atoms. The van der Waals surface area contributed by atoms with Gasteiger partial charge in [-0.1, -0.05) is 66.5 Å². The van der Waals surface area contributed by atoms with Gasteiger partial charge in [-0.25, -0.2) is 0 Å². The highest BCUT2D eigenvalue weighted by Crippen LogP contribution is 2.29. The molecule has 3 aromatic rings. The minimum Gasteiger partial charge on any atom is -0.328 e. The van der Waals surface area contributed by atoms with Crippen molar-refractivity contribution in [3.8, 4) is 0 Å². The van der Waals surface area contributed by atoms with Crippen molar-refractivity contribution in [2.45, 2.75) is 19.4 Å². The summed E-state index contributed by atoms with van der Waals surface area (Å²) in [6.07, 6.45) is 1.01. The molecular weight excluding hydrogens is 399 g/mol. The molecule has 6 heteroatoms. The van der Waals surface area contributed by atoms with Crippen LogP contribution in [-0.4, -0.2) is 12.5 Å². The van der Waals surface area contributed by atoms with E-state index in [0.29, 0.717) is 15.7 Å². The standard InChI is InChI=1S/C21H20Cl2N2OS/c1-2-14-8-10-15(11-9-14)20(18-7-4-12-27-18)24-13-19(26)25-21-16(22)5-3-6-17(21)23/h3-12,20,24H,2,13H2,1H3,(H,25,26)/p+1/t20-/m0/s1. The average molecular weight is 420 g/mol. The lowest BCUT2D eigenvalue weighted by Crippen LogP contribution is -2.87. The van der Waals surface area contributed by atoms with Crippen molar-refractivity contribution in [1.82, 2.24) is 0 Å². The largest absolute Gasteiger partial charge is 0.328 e. The number of para-hydroxylation sites is 1. The van der Waals surface area contributed by atoms with E-state index in [4.69, 9.17) is 23.2 Å². The number of carbonyl (C=O) groups is 1. The van der Waals surface area contributed by atoms with Gasteiger partial charge in [-0.15, -0.1) is 11.3 Å². The summed E-state index contributed by atoms with van der Waals surface area (Å²) in [6, 6.07) is 17.9. The van der Waals surface area contributed by atoms with E-state index in [1.54, 1.807) is 29.5 Å². The molecule has 1 atom stereocenters. The van der Waals surface area contributed by atoms with Gasteiger partial charge in [0.2, 0.25) is 0 Å². The van der Waals surface area contributed by atoms with E-state index in [2.05, 4.69) is 48.0 Å². The van der Waals surface area contributed by atoms with E-state index in [1.807, 2.05) is 11.4 Å². The Bertz CT molecular complexity index is 875. The monoisotopic (exact) mass is 419 g/mol. The van der Waals surface area contributed by atoms with Crippen LogP contribution in [0.25, 0.3) is 0 Å². The van der Waals surface area contributed by atoms with Crippen molar-refractivity contribution >= 4 is 46.1 Å². The lowest BCUT2D eigenvalue weighted by Gasteiger charge is -2.16. The zero-order chi connectivity index (χ0) is 19.2. The Kier molecular flexibility index (Phi) is 6.91. The second kappa shape index (κ2) is 9.38. The van der Waals surface area contributed by atoms with Gasteiger partial charge in [-0.05, 0) is 35.6 Å². The van der Waals surface area contributed by atoms with Gasteiger partial charge in [0, 0.05) is 5.56 Å². The summed E-state index contributed by atoms with van der Waals surface area (Å²) in [4.78, 5) is 13.7. The highest BCUT2D eigenvalue weighted by Gasteiger charge is 2.20. The van der Waals surface area contributed by atoms with Crippen molar-refractivity contribution in [3.63, 3.8) is 0 Å².